The van der Waals surface area contributed by atoms with Gasteiger partial charge >= 0.3 is 0 Å². The van der Waals surface area contributed by atoms with E-state index in [0.717, 1.165) is 14.9 Å². The third kappa shape index (κ3) is 2.96. The van der Waals surface area contributed by atoms with Crippen LogP contribution < -0.4 is 9.47 Å². The van der Waals surface area contributed by atoms with Gasteiger partial charge in [-0.25, -0.2) is 0 Å². The van der Waals surface area contributed by atoms with Crippen molar-refractivity contribution in [2.45, 2.75) is 12.5 Å². The molecule has 0 saturated heterocycles. The van der Waals surface area contributed by atoms with E-state index in [1.165, 1.54) is 0 Å². The summed E-state index contributed by atoms with van der Waals surface area (Å²) in [5.74, 6) is 1.16. The second-order valence-electron chi connectivity index (χ2n) is 4.48. The van der Waals surface area contributed by atoms with E-state index in [9.17, 15) is 5.11 Å². The maximum absolute atomic E-state index is 10.3. The molecule has 20 heavy (non-hydrogen) atoms. The molecule has 1 aliphatic rings. The molecule has 2 aromatic rings. The molecule has 1 atom stereocenters. The molecule has 6 heteroatoms. The average Bonchev–Trinajstić information content (AvgIpc) is 2.84. The quantitative estimate of drug-likeness (QED) is 0.873. The van der Waals surface area contributed by atoms with Crippen molar-refractivity contribution in [2.75, 3.05) is 13.2 Å². The van der Waals surface area contributed by atoms with E-state index < -0.39 is 6.10 Å². The zero-order valence-electron chi connectivity index (χ0n) is 10.4. The summed E-state index contributed by atoms with van der Waals surface area (Å²) in [6, 6.07) is 5.55. The molecule has 0 spiro atoms. The molecule has 1 aliphatic heterocycles. The first-order valence-electron chi connectivity index (χ1n) is 6.13. The molecule has 0 bridgehead atoms. The van der Waals surface area contributed by atoms with Crippen LogP contribution in [-0.4, -0.2) is 18.3 Å². The topological polar surface area (TPSA) is 38.7 Å². The highest BCUT2D eigenvalue weighted by Crippen LogP contribution is 2.40. The lowest BCUT2D eigenvalue weighted by molar-refractivity contribution is 0.165. The molecule has 3 nitrogen and oxygen atoms in total. The molecule has 0 radical (unpaired) electrons. The van der Waals surface area contributed by atoms with Crippen LogP contribution in [0.15, 0.2) is 28.1 Å². The number of hydrogen-bond donors (Lipinski definition) is 1. The summed E-state index contributed by atoms with van der Waals surface area (Å²) in [7, 11) is 0. The van der Waals surface area contributed by atoms with E-state index in [1.807, 2.05) is 11.4 Å². The lowest BCUT2D eigenvalue weighted by Gasteiger charge is -2.21. The number of hydrogen-bond acceptors (Lipinski definition) is 4. The number of aliphatic hydroxyl groups is 1. The Labute approximate surface area is 134 Å². The normalized spacial score (nSPS) is 15.2. The first-order valence-corrected chi connectivity index (χ1v) is 8.18. The van der Waals surface area contributed by atoms with Gasteiger partial charge in [0.2, 0.25) is 0 Å². The molecule has 0 saturated carbocycles. The Morgan fingerprint density at radius 2 is 2.10 bits per heavy atom. The SMILES string of the molecule is OC(Cc1cc(Br)cs1)c1cc(Cl)c2c(c1)OCCO2. The molecular weight excluding hydrogens is 364 g/mol. The summed E-state index contributed by atoms with van der Waals surface area (Å²) in [6.45, 7) is 0.999. The smallest absolute Gasteiger partial charge is 0.179 e. The Bertz CT molecular complexity index is 629. The fourth-order valence-electron chi connectivity index (χ4n) is 2.09. The van der Waals surface area contributed by atoms with Gasteiger partial charge in [-0.15, -0.1) is 11.3 Å². The molecule has 0 aliphatic carbocycles. The van der Waals surface area contributed by atoms with Crippen molar-refractivity contribution in [3.8, 4) is 11.5 Å². The summed E-state index contributed by atoms with van der Waals surface area (Å²) in [6.07, 6.45) is -0.0689. The zero-order chi connectivity index (χ0) is 14.1. The summed E-state index contributed by atoms with van der Waals surface area (Å²) >= 11 is 11.2. The Morgan fingerprint density at radius 3 is 2.85 bits per heavy atom. The number of aliphatic hydroxyl groups excluding tert-OH is 1. The predicted octanol–water partition coefficient (Wildman–Crippen LogP) is 4.21. The second-order valence-corrected chi connectivity index (χ2v) is 6.80. The summed E-state index contributed by atoms with van der Waals surface area (Å²) in [4.78, 5) is 1.11. The highest BCUT2D eigenvalue weighted by atomic mass is 79.9. The lowest BCUT2D eigenvalue weighted by Crippen LogP contribution is -2.16. The number of rotatable bonds is 3. The molecule has 1 N–H and O–H groups in total. The summed E-state index contributed by atoms with van der Waals surface area (Å²) in [5.41, 5.74) is 0.740. The van der Waals surface area contributed by atoms with Crippen LogP contribution >= 0.6 is 38.9 Å². The van der Waals surface area contributed by atoms with E-state index in [4.69, 9.17) is 21.1 Å². The minimum absolute atomic E-state index is 0.476. The lowest BCUT2D eigenvalue weighted by atomic mass is 10.0. The van der Waals surface area contributed by atoms with E-state index in [2.05, 4.69) is 15.9 Å². The Morgan fingerprint density at radius 1 is 1.30 bits per heavy atom. The molecule has 1 aromatic heterocycles. The van der Waals surface area contributed by atoms with Crippen molar-refractivity contribution >= 4 is 38.9 Å². The van der Waals surface area contributed by atoms with Crippen LogP contribution in [0.1, 0.15) is 16.5 Å². The highest BCUT2D eigenvalue weighted by molar-refractivity contribution is 9.10. The minimum Gasteiger partial charge on any atom is -0.486 e. The van der Waals surface area contributed by atoms with Crippen molar-refractivity contribution in [1.29, 1.82) is 0 Å². The third-order valence-corrected chi connectivity index (χ3v) is 5.02. The van der Waals surface area contributed by atoms with Crippen LogP contribution in [0.5, 0.6) is 11.5 Å². The zero-order valence-corrected chi connectivity index (χ0v) is 13.6. The first-order chi connectivity index (χ1) is 9.63. The Hall–Kier alpha value is -0.750. The van der Waals surface area contributed by atoms with Crippen LogP contribution in [0.2, 0.25) is 5.02 Å². The van der Waals surface area contributed by atoms with Crippen LogP contribution in [0.3, 0.4) is 0 Å². The number of benzene rings is 1. The molecule has 3 rings (SSSR count). The van der Waals surface area contributed by atoms with Gasteiger partial charge in [0, 0.05) is 21.2 Å². The van der Waals surface area contributed by atoms with Crippen molar-refractivity contribution in [1.82, 2.24) is 0 Å². The molecule has 2 heterocycles. The van der Waals surface area contributed by atoms with Crippen LogP contribution in [0.25, 0.3) is 0 Å². The number of fused-ring (bicyclic) bond motifs is 1. The van der Waals surface area contributed by atoms with Gasteiger partial charge in [-0.05, 0) is 39.7 Å². The molecular formula is C14H12BrClO3S. The molecule has 0 fully saturated rings. The standard InChI is InChI=1S/C14H12BrClO3S/c15-9-5-10(20-7-9)6-12(17)8-3-11(16)14-13(4-8)18-1-2-19-14/h3-5,7,12,17H,1-2,6H2. The van der Waals surface area contributed by atoms with Crippen LogP contribution in [-0.2, 0) is 6.42 Å². The van der Waals surface area contributed by atoms with Gasteiger partial charge in [-0.1, -0.05) is 11.6 Å². The van der Waals surface area contributed by atoms with E-state index in [-0.39, 0.29) is 0 Å². The second kappa shape index (κ2) is 5.93. The summed E-state index contributed by atoms with van der Waals surface area (Å²) in [5, 5.41) is 12.8. The maximum atomic E-state index is 10.3. The van der Waals surface area contributed by atoms with Crippen molar-refractivity contribution < 1.29 is 14.6 Å². The number of ether oxygens (including phenoxy) is 2. The van der Waals surface area contributed by atoms with E-state index >= 15 is 0 Å². The van der Waals surface area contributed by atoms with Crippen LogP contribution in [0.4, 0.5) is 0 Å². The molecule has 1 unspecified atom stereocenters. The van der Waals surface area contributed by atoms with Gasteiger partial charge in [-0.2, -0.15) is 0 Å². The molecule has 0 amide bonds. The fourth-order valence-corrected chi connectivity index (χ4v) is 3.86. The van der Waals surface area contributed by atoms with Gasteiger partial charge in [0.25, 0.3) is 0 Å². The fraction of sp³-hybridized carbons (Fsp3) is 0.286. The highest BCUT2D eigenvalue weighted by Gasteiger charge is 2.20. The van der Waals surface area contributed by atoms with Gasteiger partial charge in [-0.3, -0.25) is 0 Å². The number of thiophene rings is 1. The van der Waals surface area contributed by atoms with Crippen molar-refractivity contribution in [2.24, 2.45) is 0 Å². The van der Waals surface area contributed by atoms with Gasteiger partial charge < -0.3 is 14.6 Å². The number of halogens is 2. The Balaban J connectivity index is 1.84. The largest absolute Gasteiger partial charge is 0.486 e. The van der Waals surface area contributed by atoms with Crippen LogP contribution in [0, 0.1) is 0 Å². The minimum atomic E-state index is -0.617. The van der Waals surface area contributed by atoms with Gasteiger partial charge in [0.1, 0.15) is 13.2 Å². The van der Waals surface area contributed by atoms with E-state index in [0.29, 0.717) is 36.2 Å². The monoisotopic (exact) mass is 374 g/mol. The van der Waals surface area contributed by atoms with Gasteiger partial charge in [0.15, 0.2) is 11.5 Å². The summed E-state index contributed by atoms with van der Waals surface area (Å²) < 4.78 is 12.0. The van der Waals surface area contributed by atoms with Crippen molar-refractivity contribution in [3.63, 3.8) is 0 Å². The van der Waals surface area contributed by atoms with Crippen molar-refractivity contribution in [3.05, 3.63) is 43.5 Å². The van der Waals surface area contributed by atoms with E-state index in [1.54, 1.807) is 23.5 Å². The predicted molar refractivity (Wildman–Crippen MR) is 83.1 cm³/mol. The Kier molecular flexibility index (Phi) is 4.21. The first kappa shape index (κ1) is 14.2. The molecule has 1 aromatic carbocycles. The third-order valence-electron chi connectivity index (χ3n) is 3.02. The van der Waals surface area contributed by atoms with Gasteiger partial charge in [0.05, 0.1) is 11.1 Å². The maximum Gasteiger partial charge on any atom is 0.179 e. The molecule has 106 valence electrons. The average molecular weight is 376 g/mol.